The number of nitrogens with zero attached hydrogens (tertiary/aromatic N) is 1. The second-order valence-corrected chi connectivity index (χ2v) is 3.55. The molecule has 2 rings (SSSR count). The van der Waals surface area contributed by atoms with Gasteiger partial charge in [-0.3, -0.25) is 4.52 Å². The molecule has 0 bridgehead atoms. The molecule has 0 saturated carbocycles. The minimum absolute atomic E-state index is 0.0709. The number of benzene rings is 1. The van der Waals surface area contributed by atoms with E-state index in [1.165, 1.54) is 0 Å². The normalized spacial score (nSPS) is 9.76. The average Bonchev–Trinajstić information content (AvgIpc) is 2.69. The molecule has 0 radical (unpaired) electrons. The summed E-state index contributed by atoms with van der Waals surface area (Å²) in [6.45, 7) is 3.56. The third kappa shape index (κ3) is 2.37. The number of hydrogen-bond donors (Lipinski definition) is 1. The van der Waals surface area contributed by atoms with Crippen molar-refractivity contribution in [2.24, 2.45) is 0 Å². The van der Waals surface area contributed by atoms with Crippen molar-refractivity contribution in [3.63, 3.8) is 0 Å². The van der Waals surface area contributed by atoms with Crippen molar-refractivity contribution >= 4 is 0 Å². The number of aromatic hydroxyl groups is 1. The molecule has 0 saturated heterocycles. The molecule has 0 aliphatic carbocycles. The van der Waals surface area contributed by atoms with Crippen molar-refractivity contribution in [1.29, 1.82) is 0 Å². The first-order valence-corrected chi connectivity index (χ1v) is 4.85. The maximum absolute atomic E-state index is 10.6. The Morgan fingerprint density at radius 3 is 2.41 bits per heavy atom. The zero-order chi connectivity index (χ0) is 12.4. The zero-order valence-corrected chi connectivity index (χ0v) is 9.27. The predicted molar refractivity (Wildman–Crippen MR) is 58.6 cm³/mol. The summed E-state index contributed by atoms with van der Waals surface area (Å²) in [5.74, 6) is 4.62. The van der Waals surface area contributed by atoms with E-state index in [2.05, 4.69) is 25.9 Å². The molecule has 1 aromatic heterocycles. The van der Waals surface area contributed by atoms with E-state index in [9.17, 15) is 9.90 Å². The van der Waals surface area contributed by atoms with Gasteiger partial charge in [-0.25, -0.2) is 4.79 Å². The van der Waals surface area contributed by atoms with Gasteiger partial charge < -0.3 is 9.52 Å². The highest BCUT2D eigenvalue weighted by Crippen LogP contribution is 2.22. The van der Waals surface area contributed by atoms with Gasteiger partial charge in [-0.15, -0.1) is 0 Å². The van der Waals surface area contributed by atoms with Crippen LogP contribution in [0.2, 0.25) is 0 Å². The third-order valence-corrected chi connectivity index (χ3v) is 2.19. The molecule has 0 aliphatic heterocycles. The van der Waals surface area contributed by atoms with Crippen molar-refractivity contribution in [3.8, 4) is 17.6 Å². The van der Waals surface area contributed by atoms with Gasteiger partial charge in [-0.1, -0.05) is 5.92 Å². The summed E-state index contributed by atoms with van der Waals surface area (Å²) in [6, 6.07) is 3.46. The first-order valence-electron chi connectivity index (χ1n) is 4.85. The first kappa shape index (κ1) is 11.0. The van der Waals surface area contributed by atoms with Gasteiger partial charge in [0.15, 0.2) is 0 Å². The second kappa shape index (κ2) is 4.18. The number of phenols is 1. The highest BCUT2D eigenvalue weighted by Gasteiger charge is 2.02. The fourth-order valence-electron chi connectivity index (χ4n) is 1.40. The summed E-state index contributed by atoms with van der Waals surface area (Å²) in [4.78, 5) is 10.6. The quantitative estimate of drug-likeness (QED) is 0.692. The van der Waals surface area contributed by atoms with Crippen LogP contribution in [-0.4, -0.2) is 10.3 Å². The van der Waals surface area contributed by atoms with Gasteiger partial charge in [0.1, 0.15) is 5.75 Å². The highest BCUT2D eigenvalue weighted by atomic mass is 16.6. The van der Waals surface area contributed by atoms with Gasteiger partial charge in [0.25, 0.3) is 0 Å². The molecule has 0 unspecified atom stereocenters. The van der Waals surface area contributed by atoms with Gasteiger partial charge in [-0.2, -0.15) is 0 Å². The largest absolute Gasteiger partial charge is 0.542 e. The lowest BCUT2D eigenvalue weighted by Crippen LogP contribution is -1.85. The molecule has 1 aromatic carbocycles. The predicted octanol–water partition coefficient (Wildman–Crippen LogP) is 1.35. The number of phenolic OH excluding ortho intramolecular Hbond substituents is 1. The monoisotopic (exact) mass is 231 g/mol. The molecule has 0 spiro atoms. The van der Waals surface area contributed by atoms with Gasteiger partial charge in [0.05, 0.1) is 0 Å². The van der Waals surface area contributed by atoms with E-state index >= 15 is 0 Å². The van der Waals surface area contributed by atoms with Crippen molar-refractivity contribution in [3.05, 3.63) is 45.3 Å². The summed E-state index contributed by atoms with van der Waals surface area (Å²) >= 11 is 0. The summed E-state index contributed by atoms with van der Waals surface area (Å²) < 4.78 is 8.74. The fourth-order valence-corrected chi connectivity index (χ4v) is 1.40. The fraction of sp³-hybridized carbons (Fsp3) is 0.167. The van der Waals surface area contributed by atoms with E-state index < -0.39 is 5.82 Å². The lowest BCUT2D eigenvalue weighted by molar-refractivity contribution is 0.335. The molecule has 1 N–H and O–H groups in total. The third-order valence-electron chi connectivity index (χ3n) is 2.19. The smallest absolute Gasteiger partial charge is 0.507 e. The standard InChI is InChI=1S/C12H9NO4/c1-7-5-9(6-8(2)11(7)14)3-4-10-13-17-12(15)16-10/h5-6,14H,1-2H3. The maximum Gasteiger partial charge on any atom is 0.542 e. The number of hydrogen-bond acceptors (Lipinski definition) is 5. The van der Waals surface area contributed by atoms with Crippen LogP contribution in [0, 0.1) is 25.7 Å². The van der Waals surface area contributed by atoms with Crippen LogP contribution >= 0.6 is 0 Å². The molecule has 5 nitrogen and oxygen atoms in total. The van der Waals surface area contributed by atoms with Crippen LogP contribution in [-0.2, 0) is 0 Å². The molecule has 1 heterocycles. The van der Waals surface area contributed by atoms with E-state index in [0.717, 1.165) is 11.1 Å². The summed E-state index contributed by atoms with van der Waals surface area (Å²) in [5.41, 5.74) is 2.16. The molecule has 0 fully saturated rings. The van der Waals surface area contributed by atoms with Gasteiger partial charge >= 0.3 is 11.7 Å². The van der Waals surface area contributed by atoms with Gasteiger partial charge in [0, 0.05) is 11.5 Å². The van der Waals surface area contributed by atoms with Crippen LogP contribution in [0.25, 0.3) is 0 Å². The first-order chi connectivity index (χ1) is 8.06. The van der Waals surface area contributed by atoms with Crippen LogP contribution in [0.15, 0.2) is 25.9 Å². The second-order valence-electron chi connectivity index (χ2n) is 3.55. The number of aromatic nitrogens is 1. The summed E-state index contributed by atoms with van der Waals surface area (Å²) in [6.07, 6.45) is 0. The number of rotatable bonds is 0. The van der Waals surface area contributed by atoms with Crippen molar-refractivity contribution in [2.75, 3.05) is 0 Å². The van der Waals surface area contributed by atoms with Gasteiger partial charge in [0.2, 0.25) is 0 Å². The van der Waals surface area contributed by atoms with Crippen molar-refractivity contribution in [1.82, 2.24) is 5.16 Å². The van der Waals surface area contributed by atoms with E-state index in [0.29, 0.717) is 5.56 Å². The maximum atomic E-state index is 10.6. The Morgan fingerprint density at radius 2 is 1.88 bits per heavy atom. The highest BCUT2D eigenvalue weighted by molar-refractivity contribution is 5.48. The van der Waals surface area contributed by atoms with Gasteiger partial charge in [-0.05, 0) is 42.3 Å². The lowest BCUT2D eigenvalue weighted by atomic mass is 10.1. The van der Waals surface area contributed by atoms with Crippen LogP contribution < -0.4 is 5.82 Å². The average molecular weight is 231 g/mol. The Bertz CT molecular complexity index is 647. The van der Waals surface area contributed by atoms with E-state index in [1.807, 2.05) is 0 Å². The van der Waals surface area contributed by atoms with Crippen LogP contribution in [0.1, 0.15) is 22.6 Å². The van der Waals surface area contributed by atoms with E-state index in [1.54, 1.807) is 26.0 Å². The lowest BCUT2D eigenvalue weighted by Gasteiger charge is -2.02. The molecule has 86 valence electrons. The van der Waals surface area contributed by atoms with E-state index in [-0.39, 0.29) is 11.6 Å². The summed E-state index contributed by atoms with van der Waals surface area (Å²) in [5, 5.41) is 12.9. The number of aryl methyl sites for hydroxylation is 2. The van der Waals surface area contributed by atoms with Crippen LogP contribution in [0.5, 0.6) is 5.75 Å². The van der Waals surface area contributed by atoms with Crippen LogP contribution in [0.4, 0.5) is 0 Å². The van der Waals surface area contributed by atoms with E-state index in [4.69, 9.17) is 0 Å². The zero-order valence-electron chi connectivity index (χ0n) is 9.27. The molecule has 17 heavy (non-hydrogen) atoms. The SMILES string of the molecule is Cc1cc(C#Cc2noc(=O)o2)cc(C)c1O. The molecule has 0 amide bonds. The van der Waals surface area contributed by atoms with Crippen molar-refractivity contribution < 1.29 is 14.0 Å². The molecule has 2 aromatic rings. The Kier molecular flexibility index (Phi) is 2.71. The Balaban J connectivity index is 2.37. The summed E-state index contributed by atoms with van der Waals surface area (Å²) in [7, 11) is 0. The van der Waals surface area contributed by atoms with Crippen LogP contribution in [0.3, 0.4) is 0 Å². The Morgan fingerprint density at radius 1 is 1.24 bits per heavy atom. The Hall–Kier alpha value is -2.48. The molecular formula is C12H9NO4. The molecule has 5 heteroatoms. The molecule has 0 aliphatic rings. The molecular weight excluding hydrogens is 222 g/mol. The minimum atomic E-state index is -0.882. The minimum Gasteiger partial charge on any atom is -0.507 e. The molecule has 0 atom stereocenters. The Labute approximate surface area is 96.7 Å². The van der Waals surface area contributed by atoms with Crippen molar-refractivity contribution in [2.45, 2.75) is 13.8 Å². The topological polar surface area (TPSA) is 76.5 Å².